The van der Waals surface area contributed by atoms with Crippen LogP contribution in [-0.4, -0.2) is 24.3 Å². The summed E-state index contributed by atoms with van der Waals surface area (Å²) in [6.07, 6.45) is 1.79. The van der Waals surface area contributed by atoms with Crippen molar-refractivity contribution in [3.8, 4) is 17.2 Å². The molecule has 0 radical (unpaired) electrons. The van der Waals surface area contributed by atoms with Crippen molar-refractivity contribution in [3.63, 3.8) is 0 Å². The van der Waals surface area contributed by atoms with Gasteiger partial charge in [0.15, 0.2) is 11.5 Å². The largest absolute Gasteiger partial charge is 0.490 e. The molecule has 0 aliphatic heterocycles. The van der Waals surface area contributed by atoms with Gasteiger partial charge in [0.05, 0.1) is 24.5 Å². The zero-order chi connectivity index (χ0) is 22.9. The summed E-state index contributed by atoms with van der Waals surface area (Å²) in [6.45, 7) is 9.37. The highest BCUT2D eigenvalue weighted by Crippen LogP contribution is 2.31. The van der Waals surface area contributed by atoms with Gasteiger partial charge < -0.3 is 24.1 Å². The Bertz CT molecular complexity index is 1010. The molecule has 32 heavy (non-hydrogen) atoms. The van der Waals surface area contributed by atoms with Crippen LogP contribution in [0.15, 0.2) is 47.0 Å². The van der Waals surface area contributed by atoms with E-state index in [1.807, 2.05) is 39.8 Å². The van der Waals surface area contributed by atoms with Crippen molar-refractivity contribution in [1.82, 2.24) is 5.16 Å². The highest BCUT2D eigenvalue weighted by Gasteiger charge is 2.12. The summed E-state index contributed by atoms with van der Waals surface area (Å²) >= 11 is 0. The molecule has 1 N–H and O–H groups in total. The summed E-state index contributed by atoms with van der Waals surface area (Å²) < 4.78 is 22.5. The van der Waals surface area contributed by atoms with Crippen LogP contribution in [0.4, 0.5) is 5.69 Å². The van der Waals surface area contributed by atoms with Crippen LogP contribution in [-0.2, 0) is 6.61 Å². The first-order valence-corrected chi connectivity index (χ1v) is 10.9. The molecule has 0 atom stereocenters. The van der Waals surface area contributed by atoms with E-state index >= 15 is 0 Å². The van der Waals surface area contributed by atoms with E-state index in [9.17, 15) is 4.79 Å². The Kier molecular flexibility index (Phi) is 8.14. The number of benzene rings is 2. The smallest absolute Gasteiger partial charge is 0.255 e. The Balaban J connectivity index is 1.63. The first kappa shape index (κ1) is 23.2. The van der Waals surface area contributed by atoms with Crippen molar-refractivity contribution >= 4 is 11.6 Å². The second-order valence-electron chi connectivity index (χ2n) is 7.43. The van der Waals surface area contributed by atoms with Crippen LogP contribution < -0.4 is 19.5 Å². The molecule has 7 nitrogen and oxygen atoms in total. The Labute approximate surface area is 188 Å². The van der Waals surface area contributed by atoms with E-state index < -0.39 is 0 Å². The Morgan fingerprint density at radius 2 is 1.62 bits per heavy atom. The van der Waals surface area contributed by atoms with Gasteiger partial charge in [-0.2, -0.15) is 0 Å². The highest BCUT2D eigenvalue weighted by molar-refractivity contribution is 6.04. The topological polar surface area (TPSA) is 82.8 Å². The van der Waals surface area contributed by atoms with Crippen LogP contribution in [0.2, 0.25) is 0 Å². The maximum Gasteiger partial charge on any atom is 0.255 e. The van der Waals surface area contributed by atoms with E-state index in [-0.39, 0.29) is 5.91 Å². The van der Waals surface area contributed by atoms with Crippen LogP contribution in [0.5, 0.6) is 17.2 Å². The predicted molar refractivity (Wildman–Crippen MR) is 123 cm³/mol. The fourth-order valence-corrected chi connectivity index (χ4v) is 3.01. The lowest BCUT2D eigenvalue weighted by molar-refractivity contribution is 0.102. The number of hydrogen-bond donors (Lipinski definition) is 1. The Hall–Kier alpha value is -3.48. The fraction of sp³-hybridized carbons (Fsp3) is 0.360. The molecule has 0 saturated heterocycles. The first-order chi connectivity index (χ1) is 15.5. The summed E-state index contributed by atoms with van der Waals surface area (Å²) in [6, 6.07) is 12.4. The molecule has 0 unspecified atom stereocenters. The van der Waals surface area contributed by atoms with Crippen molar-refractivity contribution in [2.75, 3.05) is 18.5 Å². The maximum absolute atomic E-state index is 12.7. The molecule has 1 aromatic heterocycles. The molecule has 0 fully saturated rings. The lowest BCUT2D eigenvalue weighted by Crippen LogP contribution is -2.12. The van der Waals surface area contributed by atoms with E-state index in [1.54, 1.807) is 30.3 Å². The van der Waals surface area contributed by atoms with Crippen LogP contribution in [0.25, 0.3) is 0 Å². The second-order valence-corrected chi connectivity index (χ2v) is 7.43. The summed E-state index contributed by atoms with van der Waals surface area (Å²) in [7, 11) is 0. The SMILES string of the molecule is CCCOc1ccc(NC(=O)c2ccc(OCc3c(C)noc3C)cc2)cc1OCCC. The molecule has 0 aliphatic carbocycles. The predicted octanol–water partition coefficient (Wildman–Crippen LogP) is 5.70. The number of carbonyl (C=O) groups excluding carboxylic acids is 1. The lowest BCUT2D eigenvalue weighted by atomic mass is 10.2. The molecule has 170 valence electrons. The Morgan fingerprint density at radius 3 is 2.25 bits per heavy atom. The third-order valence-corrected chi connectivity index (χ3v) is 4.81. The zero-order valence-corrected chi connectivity index (χ0v) is 19.1. The third-order valence-electron chi connectivity index (χ3n) is 4.81. The number of nitrogens with zero attached hydrogens (tertiary/aromatic N) is 1. The van der Waals surface area contributed by atoms with Crippen molar-refractivity contribution in [1.29, 1.82) is 0 Å². The first-order valence-electron chi connectivity index (χ1n) is 10.9. The van der Waals surface area contributed by atoms with E-state index in [2.05, 4.69) is 10.5 Å². The summed E-state index contributed by atoms with van der Waals surface area (Å²) in [5.74, 6) is 2.49. The average Bonchev–Trinajstić information content (AvgIpc) is 3.13. The third kappa shape index (κ3) is 6.03. The number of amides is 1. The molecule has 2 aromatic carbocycles. The number of aryl methyl sites for hydroxylation is 2. The molecule has 0 bridgehead atoms. The number of nitrogens with one attached hydrogen (secondary N) is 1. The normalized spacial score (nSPS) is 10.6. The van der Waals surface area contributed by atoms with Gasteiger partial charge in [0.25, 0.3) is 5.91 Å². The van der Waals surface area contributed by atoms with Gasteiger partial charge in [-0.15, -0.1) is 0 Å². The average molecular weight is 439 g/mol. The minimum absolute atomic E-state index is 0.217. The summed E-state index contributed by atoms with van der Waals surface area (Å²) in [5, 5.41) is 6.83. The second kappa shape index (κ2) is 11.2. The number of hydrogen-bond acceptors (Lipinski definition) is 6. The number of ether oxygens (including phenoxy) is 3. The maximum atomic E-state index is 12.7. The molecule has 1 amide bonds. The molecule has 3 aromatic rings. The number of carbonyl (C=O) groups is 1. The Morgan fingerprint density at radius 1 is 0.938 bits per heavy atom. The minimum atomic E-state index is -0.217. The molecular formula is C25H30N2O5. The molecule has 0 saturated carbocycles. The van der Waals surface area contributed by atoms with Crippen molar-refractivity contribution < 1.29 is 23.5 Å². The monoisotopic (exact) mass is 438 g/mol. The lowest BCUT2D eigenvalue weighted by Gasteiger charge is -2.14. The van der Waals surface area contributed by atoms with Crippen molar-refractivity contribution in [2.45, 2.75) is 47.1 Å². The van der Waals surface area contributed by atoms with E-state index in [0.717, 1.165) is 29.9 Å². The molecule has 0 spiro atoms. The van der Waals surface area contributed by atoms with Gasteiger partial charge in [-0.25, -0.2) is 0 Å². The van der Waals surface area contributed by atoms with Crippen LogP contribution in [0.1, 0.15) is 54.1 Å². The summed E-state index contributed by atoms with van der Waals surface area (Å²) in [5.41, 5.74) is 2.91. The molecule has 0 aliphatic rings. The number of aromatic nitrogens is 1. The van der Waals surface area contributed by atoms with Gasteiger partial charge in [0, 0.05) is 17.3 Å². The van der Waals surface area contributed by atoms with Crippen LogP contribution in [0.3, 0.4) is 0 Å². The highest BCUT2D eigenvalue weighted by atomic mass is 16.5. The standard InChI is InChI=1S/C25H30N2O5/c1-5-13-29-23-12-9-20(15-24(23)30-14-6-2)26-25(28)19-7-10-21(11-8-19)31-16-22-17(3)27-32-18(22)4/h7-12,15H,5-6,13-14,16H2,1-4H3,(H,26,28). The fourth-order valence-electron chi connectivity index (χ4n) is 3.01. The number of anilines is 1. The van der Waals surface area contributed by atoms with E-state index in [1.165, 1.54) is 0 Å². The van der Waals surface area contributed by atoms with Gasteiger partial charge in [0.1, 0.15) is 18.1 Å². The van der Waals surface area contributed by atoms with Gasteiger partial charge in [-0.05, 0) is 63.1 Å². The van der Waals surface area contributed by atoms with Crippen LogP contribution in [0, 0.1) is 13.8 Å². The van der Waals surface area contributed by atoms with Gasteiger partial charge in [-0.1, -0.05) is 19.0 Å². The van der Waals surface area contributed by atoms with Crippen LogP contribution >= 0.6 is 0 Å². The minimum Gasteiger partial charge on any atom is -0.490 e. The van der Waals surface area contributed by atoms with Gasteiger partial charge in [-0.3, -0.25) is 4.79 Å². The summed E-state index contributed by atoms with van der Waals surface area (Å²) in [4.78, 5) is 12.7. The van der Waals surface area contributed by atoms with E-state index in [0.29, 0.717) is 48.3 Å². The van der Waals surface area contributed by atoms with Gasteiger partial charge in [0.2, 0.25) is 0 Å². The van der Waals surface area contributed by atoms with E-state index in [4.69, 9.17) is 18.7 Å². The number of rotatable bonds is 11. The molecule has 3 rings (SSSR count). The molecular weight excluding hydrogens is 408 g/mol. The van der Waals surface area contributed by atoms with Crippen molar-refractivity contribution in [2.24, 2.45) is 0 Å². The van der Waals surface area contributed by atoms with Crippen molar-refractivity contribution in [3.05, 3.63) is 65.0 Å². The molecule has 7 heteroatoms. The van der Waals surface area contributed by atoms with Gasteiger partial charge >= 0.3 is 0 Å². The quantitative estimate of drug-likeness (QED) is 0.413. The molecule has 1 heterocycles. The zero-order valence-electron chi connectivity index (χ0n) is 19.1.